The zero-order valence-electron chi connectivity index (χ0n) is 11.0. The van der Waals surface area contributed by atoms with Gasteiger partial charge in [0.1, 0.15) is 5.75 Å². The summed E-state index contributed by atoms with van der Waals surface area (Å²) in [4.78, 5) is 0.291. The van der Waals surface area contributed by atoms with Crippen LogP contribution in [0.15, 0.2) is 23.1 Å². The lowest BCUT2D eigenvalue weighted by molar-refractivity contribution is 0.356. The minimum Gasteiger partial charge on any atom is -0.493 e. The first kappa shape index (κ1) is 15.6. The lowest BCUT2D eigenvalue weighted by Gasteiger charge is -2.12. The molecule has 1 aromatic carbocycles. The lowest BCUT2D eigenvalue weighted by Crippen LogP contribution is -2.38. The number of ether oxygens (including phenoxy) is 1. The van der Waals surface area contributed by atoms with E-state index in [0.29, 0.717) is 24.0 Å². The molecular formula is C13H19ClN2O3S. The van der Waals surface area contributed by atoms with E-state index in [1.165, 1.54) is 0 Å². The fourth-order valence-corrected chi connectivity index (χ4v) is 3.43. The van der Waals surface area contributed by atoms with Crippen molar-refractivity contribution in [3.63, 3.8) is 0 Å². The highest BCUT2D eigenvalue weighted by Gasteiger charge is 2.29. The predicted molar refractivity (Wildman–Crippen MR) is 78.8 cm³/mol. The van der Waals surface area contributed by atoms with Gasteiger partial charge in [0, 0.05) is 19.0 Å². The second-order valence-corrected chi connectivity index (χ2v) is 6.99. The van der Waals surface area contributed by atoms with Crippen LogP contribution < -0.4 is 15.2 Å². The minimum atomic E-state index is -3.47. The van der Waals surface area contributed by atoms with Gasteiger partial charge in [-0.3, -0.25) is 0 Å². The summed E-state index contributed by atoms with van der Waals surface area (Å²) >= 11 is 0. The number of rotatable bonds is 5. The molecule has 0 amide bonds. The molecule has 20 heavy (non-hydrogen) atoms. The van der Waals surface area contributed by atoms with Crippen LogP contribution in [0.4, 0.5) is 0 Å². The van der Waals surface area contributed by atoms with Crippen molar-refractivity contribution >= 4 is 22.4 Å². The smallest absolute Gasteiger partial charge is 0.240 e. The summed E-state index contributed by atoms with van der Waals surface area (Å²) < 4.78 is 32.3. The summed E-state index contributed by atoms with van der Waals surface area (Å²) in [5.41, 5.74) is 6.86. The third-order valence-corrected chi connectivity index (χ3v) is 5.13. The van der Waals surface area contributed by atoms with Crippen LogP contribution in [0.5, 0.6) is 5.75 Å². The van der Waals surface area contributed by atoms with Gasteiger partial charge in [0.2, 0.25) is 10.0 Å². The van der Waals surface area contributed by atoms with Gasteiger partial charge in [0.05, 0.1) is 11.5 Å². The van der Waals surface area contributed by atoms with Crippen molar-refractivity contribution in [3.05, 3.63) is 23.8 Å². The van der Waals surface area contributed by atoms with E-state index >= 15 is 0 Å². The summed E-state index contributed by atoms with van der Waals surface area (Å²) in [5, 5.41) is 0. The Kier molecular flexibility index (Phi) is 4.59. The fourth-order valence-electron chi connectivity index (χ4n) is 2.31. The van der Waals surface area contributed by atoms with Crippen LogP contribution >= 0.6 is 12.4 Å². The average Bonchev–Trinajstić information content (AvgIpc) is 3.13. The van der Waals surface area contributed by atoms with Crippen LogP contribution in [-0.2, 0) is 16.4 Å². The van der Waals surface area contributed by atoms with Crippen LogP contribution in [-0.4, -0.2) is 27.6 Å². The van der Waals surface area contributed by atoms with E-state index < -0.39 is 10.0 Å². The van der Waals surface area contributed by atoms with Crippen molar-refractivity contribution in [2.24, 2.45) is 11.7 Å². The number of fused-ring (bicyclic) bond motifs is 1. The average molecular weight is 319 g/mol. The first-order chi connectivity index (χ1) is 9.06. The minimum absolute atomic E-state index is 0. The molecule has 1 aromatic rings. The molecule has 2 aliphatic rings. The third-order valence-electron chi connectivity index (χ3n) is 3.71. The highest BCUT2D eigenvalue weighted by molar-refractivity contribution is 7.89. The van der Waals surface area contributed by atoms with Gasteiger partial charge in [-0.05, 0) is 42.5 Å². The van der Waals surface area contributed by atoms with Gasteiger partial charge >= 0.3 is 0 Å². The van der Waals surface area contributed by atoms with Gasteiger partial charge < -0.3 is 10.5 Å². The Morgan fingerprint density at radius 1 is 1.40 bits per heavy atom. The highest BCUT2D eigenvalue weighted by Crippen LogP contribution is 2.31. The predicted octanol–water partition coefficient (Wildman–Crippen LogP) is 1.06. The van der Waals surface area contributed by atoms with Crippen molar-refractivity contribution in [2.75, 3.05) is 13.2 Å². The molecule has 5 nitrogen and oxygen atoms in total. The maximum absolute atomic E-state index is 12.2. The second kappa shape index (κ2) is 5.89. The molecule has 112 valence electrons. The Labute approximate surface area is 125 Å². The molecule has 7 heteroatoms. The number of benzene rings is 1. The van der Waals surface area contributed by atoms with E-state index in [1.807, 2.05) is 0 Å². The summed E-state index contributed by atoms with van der Waals surface area (Å²) in [6, 6.07) is 4.91. The quantitative estimate of drug-likeness (QED) is 0.850. The maximum atomic E-state index is 12.2. The molecule has 1 unspecified atom stereocenters. The molecule has 1 aliphatic heterocycles. The topological polar surface area (TPSA) is 81.4 Å². The standard InChI is InChI=1S/C13H18N2O3S.ClH/c14-12(9-1-2-9)8-15-19(16,17)11-3-4-13-10(7-11)5-6-18-13;/h3-4,7,9,12,15H,1-2,5-6,8,14H2;1H. The van der Waals surface area contributed by atoms with Crippen molar-refractivity contribution < 1.29 is 13.2 Å². The molecule has 0 bridgehead atoms. The Bertz CT molecular complexity index is 587. The Balaban J connectivity index is 0.00000147. The van der Waals surface area contributed by atoms with Crippen LogP contribution in [0.2, 0.25) is 0 Å². The normalized spacial score (nSPS) is 18.9. The van der Waals surface area contributed by atoms with E-state index in [1.54, 1.807) is 18.2 Å². The first-order valence-electron chi connectivity index (χ1n) is 6.57. The molecule has 0 aromatic heterocycles. The molecule has 0 saturated heterocycles. The summed E-state index contributed by atoms with van der Waals surface area (Å²) in [6.07, 6.45) is 2.98. The van der Waals surface area contributed by atoms with Crippen molar-refractivity contribution in [3.8, 4) is 5.75 Å². The Morgan fingerprint density at radius 3 is 2.85 bits per heavy atom. The number of sulfonamides is 1. The highest BCUT2D eigenvalue weighted by atomic mass is 35.5. The number of halogens is 1. The Hall–Kier alpha value is -0.820. The zero-order chi connectivity index (χ0) is 13.5. The van der Waals surface area contributed by atoms with Gasteiger partial charge in [-0.15, -0.1) is 12.4 Å². The second-order valence-electron chi connectivity index (χ2n) is 5.22. The van der Waals surface area contributed by atoms with Crippen molar-refractivity contribution in [2.45, 2.75) is 30.2 Å². The zero-order valence-corrected chi connectivity index (χ0v) is 12.7. The van der Waals surface area contributed by atoms with Gasteiger partial charge in [0.25, 0.3) is 0 Å². The lowest BCUT2D eigenvalue weighted by atomic mass is 10.2. The maximum Gasteiger partial charge on any atom is 0.240 e. The molecule has 1 aliphatic carbocycles. The fraction of sp³-hybridized carbons (Fsp3) is 0.538. The van der Waals surface area contributed by atoms with E-state index in [-0.39, 0.29) is 18.4 Å². The largest absolute Gasteiger partial charge is 0.493 e. The van der Waals surface area contributed by atoms with E-state index in [4.69, 9.17) is 10.5 Å². The van der Waals surface area contributed by atoms with Crippen LogP contribution in [0.3, 0.4) is 0 Å². The molecule has 0 spiro atoms. The van der Waals surface area contributed by atoms with Crippen molar-refractivity contribution in [1.29, 1.82) is 0 Å². The van der Waals surface area contributed by atoms with E-state index in [9.17, 15) is 8.42 Å². The van der Waals surface area contributed by atoms with Crippen LogP contribution in [0.1, 0.15) is 18.4 Å². The van der Waals surface area contributed by atoms with Gasteiger partial charge in [0.15, 0.2) is 0 Å². The van der Waals surface area contributed by atoms with E-state index in [2.05, 4.69) is 4.72 Å². The van der Waals surface area contributed by atoms with Crippen molar-refractivity contribution in [1.82, 2.24) is 4.72 Å². The molecule has 3 rings (SSSR count). The molecule has 0 radical (unpaired) electrons. The number of nitrogens with one attached hydrogen (secondary N) is 1. The summed E-state index contributed by atoms with van der Waals surface area (Å²) in [6.45, 7) is 0.930. The van der Waals surface area contributed by atoms with Gasteiger partial charge in [-0.2, -0.15) is 0 Å². The Morgan fingerprint density at radius 2 is 2.15 bits per heavy atom. The van der Waals surface area contributed by atoms with Crippen LogP contribution in [0, 0.1) is 5.92 Å². The third kappa shape index (κ3) is 3.25. The number of nitrogens with two attached hydrogens (primary N) is 1. The first-order valence-corrected chi connectivity index (χ1v) is 8.05. The molecular weight excluding hydrogens is 300 g/mol. The molecule has 1 heterocycles. The van der Waals surface area contributed by atoms with Gasteiger partial charge in [-0.1, -0.05) is 0 Å². The summed E-state index contributed by atoms with van der Waals surface area (Å²) in [7, 11) is -3.47. The molecule has 1 fully saturated rings. The molecule has 1 atom stereocenters. The molecule has 1 saturated carbocycles. The monoisotopic (exact) mass is 318 g/mol. The van der Waals surface area contributed by atoms with Crippen LogP contribution in [0.25, 0.3) is 0 Å². The number of hydrogen-bond donors (Lipinski definition) is 2. The molecule has 3 N–H and O–H groups in total. The van der Waals surface area contributed by atoms with Gasteiger partial charge in [-0.25, -0.2) is 13.1 Å². The number of hydrogen-bond acceptors (Lipinski definition) is 4. The van der Waals surface area contributed by atoms with E-state index in [0.717, 1.165) is 30.6 Å². The summed E-state index contributed by atoms with van der Waals surface area (Å²) in [5.74, 6) is 1.27. The SMILES string of the molecule is Cl.NC(CNS(=O)(=O)c1ccc2c(c1)CCO2)C1CC1.